The Kier molecular flexibility index (Phi) is 6.45. The Hall–Kier alpha value is -4.17. The number of aromatic amines is 1. The van der Waals surface area contributed by atoms with Gasteiger partial charge in [0.05, 0.1) is 16.9 Å². The van der Waals surface area contributed by atoms with Gasteiger partial charge >= 0.3 is 4.87 Å². The zero-order chi connectivity index (χ0) is 24.2. The van der Waals surface area contributed by atoms with E-state index < -0.39 is 0 Å². The maximum absolute atomic E-state index is 11.4. The van der Waals surface area contributed by atoms with E-state index in [-0.39, 0.29) is 10.8 Å². The van der Waals surface area contributed by atoms with E-state index in [1.54, 1.807) is 0 Å². The minimum Gasteiger partial charge on any atom is -0.494 e. The summed E-state index contributed by atoms with van der Waals surface area (Å²) in [6.45, 7) is 1.12. The molecule has 0 bridgehead atoms. The molecule has 0 fully saturated rings. The number of hydrogen-bond acceptors (Lipinski definition) is 7. The molecule has 5 aromatic rings. The van der Waals surface area contributed by atoms with E-state index in [2.05, 4.69) is 9.88 Å². The molecule has 0 saturated carbocycles. The van der Waals surface area contributed by atoms with Crippen molar-refractivity contribution in [2.75, 3.05) is 25.1 Å². The highest BCUT2D eigenvalue weighted by atomic mass is 32.1. The summed E-state index contributed by atoms with van der Waals surface area (Å²) in [4.78, 5) is 25.8. The number of thiazole rings is 1. The zero-order valence-corrected chi connectivity index (χ0v) is 20.0. The number of rotatable bonds is 8. The molecule has 0 saturated heterocycles. The van der Waals surface area contributed by atoms with Crippen molar-refractivity contribution in [3.8, 4) is 23.0 Å². The van der Waals surface area contributed by atoms with Crippen LogP contribution in [0.5, 0.6) is 11.6 Å². The van der Waals surface area contributed by atoms with Crippen molar-refractivity contribution >= 4 is 28.1 Å². The summed E-state index contributed by atoms with van der Waals surface area (Å²) >= 11 is 1.02. The quantitative estimate of drug-likeness (QED) is 0.327. The van der Waals surface area contributed by atoms with Crippen molar-refractivity contribution in [2.24, 2.45) is 0 Å². The molecule has 0 aliphatic rings. The molecule has 0 unspecified atom stereocenters. The number of fused-ring (bicyclic) bond motifs is 1. The summed E-state index contributed by atoms with van der Waals surface area (Å²) in [5.41, 5.74) is 2.86. The average Bonchev–Trinajstić information content (AvgIpc) is 3.21. The number of likely N-dealkylation sites (N-methyl/N-ethyl adjacent to an activating group) is 1. The first-order valence-corrected chi connectivity index (χ1v) is 12.0. The Bertz CT molecular complexity index is 1500. The minimum atomic E-state index is -0.256. The van der Waals surface area contributed by atoms with Crippen LogP contribution in [0.25, 0.3) is 22.3 Å². The number of hydrogen-bond donors (Lipinski definition) is 2. The topological polar surface area (TPSA) is 91.3 Å². The van der Waals surface area contributed by atoms with Crippen LogP contribution in [0.2, 0.25) is 0 Å². The molecule has 0 spiro atoms. The Morgan fingerprint density at radius 3 is 2.46 bits per heavy atom. The molecule has 0 amide bonds. The van der Waals surface area contributed by atoms with Crippen LogP contribution >= 0.6 is 11.3 Å². The minimum absolute atomic E-state index is 0.0592. The highest BCUT2D eigenvalue weighted by Gasteiger charge is 2.13. The first kappa shape index (κ1) is 22.6. The van der Waals surface area contributed by atoms with Gasteiger partial charge < -0.3 is 14.7 Å². The predicted octanol–water partition coefficient (Wildman–Crippen LogP) is 4.86. The average molecular weight is 485 g/mol. The van der Waals surface area contributed by atoms with Crippen LogP contribution < -0.4 is 14.5 Å². The van der Waals surface area contributed by atoms with Crippen molar-refractivity contribution in [3.63, 3.8) is 0 Å². The van der Waals surface area contributed by atoms with Crippen molar-refractivity contribution in [3.05, 3.63) is 99.0 Å². The number of aromatic hydroxyl groups is 1. The molecule has 3 aromatic carbocycles. The first-order valence-electron chi connectivity index (χ1n) is 11.2. The van der Waals surface area contributed by atoms with Crippen LogP contribution in [0, 0.1) is 0 Å². The second-order valence-corrected chi connectivity index (χ2v) is 9.20. The number of nitrogens with one attached hydrogen (secondary N) is 1. The standard InChI is InChI=1S/C27H24N4O3S/c1-31(15-16-34-20-13-11-18(12-14-20)17-23-26(32)30-27(33)35-23)25-21-9-5-6-10-22(21)28-24(29-25)19-7-3-2-4-8-19/h2-14,32H,15-17H2,1H3,(H,30,33). The van der Waals surface area contributed by atoms with Gasteiger partial charge in [-0.3, -0.25) is 9.78 Å². The van der Waals surface area contributed by atoms with E-state index >= 15 is 0 Å². The predicted molar refractivity (Wildman–Crippen MR) is 140 cm³/mol. The lowest BCUT2D eigenvalue weighted by Gasteiger charge is -2.21. The summed E-state index contributed by atoms with van der Waals surface area (Å²) < 4.78 is 5.97. The van der Waals surface area contributed by atoms with Crippen molar-refractivity contribution < 1.29 is 9.84 Å². The molecule has 8 heteroatoms. The molecule has 2 aromatic heterocycles. The molecule has 176 valence electrons. The van der Waals surface area contributed by atoms with Gasteiger partial charge in [0, 0.05) is 24.4 Å². The molecule has 5 rings (SSSR count). The van der Waals surface area contributed by atoms with Gasteiger partial charge in [-0.1, -0.05) is 65.9 Å². The molecule has 0 atom stereocenters. The normalized spacial score (nSPS) is 11.0. The highest BCUT2D eigenvalue weighted by Crippen LogP contribution is 2.27. The summed E-state index contributed by atoms with van der Waals surface area (Å²) in [6, 6.07) is 25.7. The van der Waals surface area contributed by atoms with Crippen molar-refractivity contribution in [1.82, 2.24) is 15.0 Å². The van der Waals surface area contributed by atoms with Gasteiger partial charge in [-0.15, -0.1) is 0 Å². The van der Waals surface area contributed by atoms with Crippen LogP contribution in [0.15, 0.2) is 83.7 Å². The molecule has 0 radical (unpaired) electrons. The first-order chi connectivity index (χ1) is 17.1. The second-order valence-electron chi connectivity index (χ2n) is 8.13. The molecule has 35 heavy (non-hydrogen) atoms. The summed E-state index contributed by atoms with van der Waals surface area (Å²) in [6.07, 6.45) is 0.489. The number of benzene rings is 3. The van der Waals surface area contributed by atoms with Crippen LogP contribution in [-0.2, 0) is 6.42 Å². The molecule has 2 heterocycles. The van der Waals surface area contributed by atoms with E-state index in [1.807, 2.05) is 85.9 Å². The van der Waals surface area contributed by atoms with Crippen LogP contribution in [0.3, 0.4) is 0 Å². The number of ether oxygens (including phenoxy) is 1. The Labute approximate surface area is 206 Å². The molecule has 0 aliphatic carbocycles. The summed E-state index contributed by atoms with van der Waals surface area (Å²) in [5.74, 6) is 2.25. The monoisotopic (exact) mass is 484 g/mol. The van der Waals surface area contributed by atoms with Crippen LogP contribution in [0.1, 0.15) is 10.4 Å². The summed E-state index contributed by atoms with van der Waals surface area (Å²) in [5, 5.41) is 10.8. The van der Waals surface area contributed by atoms with Crippen molar-refractivity contribution in [2.45, 2.75) is 6.42 Å². The summed E-state index contributed by atoms with van der Waals surface area (Å²) in [7, 11) is 2.00. The van der Waals surface area contributed by atoms with Gasteiger partial charge in [0.2, 0.25) is 5.88 Å². The van der Waals surface area contributed by atoms with E-state index in [9.17, 15) is 9.90 Å². The Morgan fingerprint density at radius 1 is 0.971 bits per heavy atom. The lowest BCUT2D eigenvalue weighted by Crippen LogP contribution is -2.25. The van der Waals surface area contributed by atoms with Gasteiger partial charge in [-0.2, -0.15) is 0 Å². The second kappa shape index (κ2) is 9.99. The maximum Gasteiger partial charge on any atom is 0.307 e. The van der Waals surface area contributed by atoms with Crippen LogP contribution in [0.4, 0.5) is 5.82 Å². The Morgan fingerprint density at radius 2 is 1.71 bits per heavy atom. The van der Waals surface area contributed by atoms with Gasteiger partial charge in [0.15, 0.2) is 5.82 Å². The van der Waals surface area contributed by atoms with E-state index in [4.69, 9.17) is 14.7 Å². The lowest BCUT2D eigenvalue weighted by molar-refractivity contribution is 0.325. The Balaban J connectivity index is 1.26. The fraction of sp³-hybridized carbons (Fsp3) is 0.148. The largest absolute Gasteiger partial charge is 0.494 e. The molecular formula is C27H24N4O3S. The van der Waals surface area contributed by atoms with E-state index in [0.29, 0.717) is 30.3 Å². The number of anilines is 1. The van der Waals surface area contributed by atoms with E-state index in [0.717, 1.165) is 44.9 Å². The molecular weight excluding hydrogens is 460 g/mol. The van der Waals surface area contributed by atoms with Gasteiger partial charge in [-0.25, -0.2) is 9.97 Å². The fourth-order valence-corrected chi connectivity index (χ4v) is 4.59. The van der Waals surface area contributed by atoms with Gasteiger partial charge in [-0.05, 0) is 29.8 Å². The highest BCUT2D eigenvalue weighted by molar-refractivity contribution is 7.09. The van der Waals surface area contributed by atoms with E-state index in [1.165, 1.54) is 0 Å². The fourth-order valence-electron chi connectivity index (χ4n) is 3.83. The molecule has 2 N–H and O–H groups in total. The lowest BCUT2D eigenvalue weighted by atomic mass is 10.1. The third-order valence-electron chi connectivity index (χ3n) is 5.66. The van der Waals surface area contributed by atoms with Gasteiger partial charge in [0.1, 0.15) is 18.2 Å². The maximum atomic E-state index is 11.4. The zero-order valence-electron chi connectivity index (χ0n) is 19.1. The number of nitrogens with zero attached hydrogens (tertiary/aromatic N) is 3. The number of aromatic nitrogens is 3. The smallest absolute Gasteiger partial charge is 0.307 e. The molecule has 0 aliphatic heterocycles. The number of H-pyrrole nitrogens is 1. The molecule has 7 nitrogen and oxygen atoms in total. The van der Waals surface area contributed by atoms with Gasteiger partial charge in [0.25, 0.3) is 0 Å². The SMILES string of the molecule is CN(CCOc1ccc(Cc2sc(=O)[nH]c2O)cc1)c1nc(-c2ccccc2)nc2ccccc12. The number of para-hydroxylation sites is 1. The van der Waals surface area contributed by atoms with Crippen molar-refractivity contribution in [1.29, 1.82) is 0 Å². The third kappa shape index (κ3) is 5.17. The van der Waals surface area contributed by atoms with Crippen LogP contribution in [-0.4, -0.2) is 40.3 Å². The third-order valence-corrected chi connectivity index (χ3v) is 6.53.